The zero-order chi connectivity index (χ0) is 17.3. The molecule has 1 atom stereocenters. The molecule has 1 fully saturated rings. The maximum absolute atomic E-state index is 4.85. The monoisotopic (exact) mass is 379 g/mol. The minimum atomic E-state index is -0.260. The van der Waals surface area contributed by atoms with Crippen LogP contribution in [0.25, 0.3) is 21.2 Å². The lowest BCUT2D eigenvalue weighted by atomic mass is 9.91. The van der Waals surface area contributed by atoms with Crippen LogP contribution in [0.3, 0.4) is 0 Å². The quantitative estimate of drug-likeness (QED) is 0.451. The Balaban J connectivity index is 1.79. The number of nitrogens with zero attached hydrogens (tertiary/aromatic N) is 1. The summed E-state index contributed by atoms with van der Waals surface area (Å²) in [7, 11) is -0.260. The van der Waals surface area contributed by atoms with Crippen LogP contribution in [-0.4, -0.2) is 4.98 Å². The summed E-state index contributed by atoms with van der Waals surface area (Å²) in [6.07, 6.45) is 14.3. The van der Waals surface area contributed by atoms with Crippen molar-refractivity contribution in [3.05, 3.63) is 53.0 Å². The second-order valence-electron chi connectivity index (χ2n) is 7.72. The molecule has 26 heavy (non-hydrogen) atoms. The molecule has 3 aromatic heterocycles. The third kappa shape index (κ3) is 2.88. The van der Waals surface area contributed by atoms with Gasteiger partial charge in [-0.2, -0.15) is 0 Å². The number of hydrogen-bond acceptors (Lipinski definition) is 2. The van der Waals surface area contributed by atoms with Gasteiger partial charge in [-0.1, -0.05) is 31.4 Å². The zero-order valence-corrected chi connectivity index (χ0v) is 17.0. The molecule has 0 aliphatic heterocycles. The van der Waals surface area contributed by atoms with Crippen molar-refractivity contribution in [3.8, 4) is 21.2 Å². The maximum Gasteiger partial charge on any atom is 0.0744 e. The minimum absolute atomic E-state index is 0.260. The molecule has 3 heterocycles. The summed E-state index contributed by atoms with van der Waals surface area (Å²) in [5.41, 5.74) is 5.54. The highest BCUT2D eigenvalue weighted by Gasteiger charge is 2.31. The number of hydrogen-bond donors (Lipinski definition) is 0. The van der Waals surface area contributed by atoms with Gasteiger partial charge in [-0.15, -0.1) is 18.9 Å². The van der Waals surface area contributed by atoms with E-state index in [2.05, 4.69) is 35.7 Å². The Morgan fingerprint density at radius 2 is 1.65 bits per heavy atom. The standard InChI is InChI=1S/C23H26NPS/c1-2-9-17(10-3-1)25-22(20-13-6-7-15-24-20)18-11-4-5-12-19(18)23(25)21-14-8-16-26-21/h6-8,13-17H,1-5,9-12H2. The van der Waals surface area contributed by atoms with Gasteiger partial charge in [0.15, 0.2) is 0 Å². The molecule has 134 valence electrons. The normalized spacial score (nSPS) is 18.7. The summed E-state index contributed by atoms with van der Waals surface area (Å²) >= 11 is 1.95. The molecule has 5 rings (SSSR count). The highest BCUT2D eigenvalue weighted by Crippen LogP contribution is 2.65. The summed E-state index contributed by atoms with van der Waals surface area (Å²) in [5.74, 6) is 0. The third-order valence-corrected chi connectivity index (χ3v) is 10.4. The smallest absolute Gasteiger partial charge is 0.0744 e. The van der Waals surface area contributed by atoms with E-state index in [0.717, 1.165) is 5.66 Å². The van der Waals surface area contributed by atoms with Gasteiger partial charge in [0, 0.05) is 21.7 Å². The molecule has 0 aromatic carbocycles. The second-order valence-corrected chi connectivity index (χ2v) is 11.0. The van der Waals surface area contributed by atoms with E-state index >= 15 is 0 Å². The lowest BCUT2D eigenvalue weighted by molar-refractivity contribution is 0.489. The molecule has 1 nitrogen and oxygen atoms in total. The fraction of sp³-hybridized carbons (Fsp3) is 0.435. The number of fused-ring (bicyclic) bond motifs is 1. The van der Waals surface area contributed by atoms with Crippen LogP contribution in [0, 0.1) is 0 Å². The Bertz CT molecular complexity index is 873. The van der Waals surface area contributed by atoms with Gasteiger partial charge < -0.3 is 0 Å². The fourth-order valence-electron chi connectivity index (χ4n) is 5.00. The van der Waals surface area contributed by atoms with Crippen molar-refractivity contribution in [1.29, 1.82) is 0 Å². The SMILES string of the molecule is c1ccc(-c2c3c(c(-c4cccs4)p2C2CCCCC2)CCCC3)nc1. The molecular formula is C23H26NPS. The molecule has 1 unspecified atom stereocenters. The Morgan fingerprint density at radius 1 is 0.846 bits per heavy atom. The maximum atomic E-state index is 4.85. The number of rotatable bonds is 3. The molecule has 2 aliphatic carbocycles. The van der Waals surface area contributed by atoms with E-state index < -0.39 is 0 Å². The van der Waals surface area contributed by atoms with E-state index in [1.165, 1.54) is 63.5 Å². The van der Waals surface area contributed by atoms with E-state index in [4.69, 9.17) is 4.98 Å². The van der Waals surface area contributed by atoms with Crippen LogP contribution >= 0.6 is 18.9 Å². The van der Waals surface area contributed by atoms with Gasteiger partial charge in [-0.25, -0.2) is 0 Å². The summed E-state index contributed by atoms with van der Waals surface area (Å²) in [5, 5.41) is 5.67. The van der Waals surface area contributed by atoms with Gasteiger partial charge in [0.2, 0.25) is 0 Å². The third-order valence-electron chi connectivity index (χ3n) is 6.12. The van der Waals surface area contributed by atoms with Crippen LogP contribution in [0.1, 0.15) is 61.7 Å². The fourth-order valence-corrected chi connectivity index (χ4v) is 9.75. The van der Waals surface area contributed by atoms with E-state index in [1.807, 2.05) is 17.5 Å². The molecule has 0 radical (unpaired) electrons. The Kier molecular flexibility index (Phi) is 4.73. The molecule has 0 amide bonds. The summed E-state index contributed by atoms with van der Waals surface area (Å²) < 4.78 is 0. The summed E-state index contributed by atoms with van der Waals surface area (Å²) in [6.45, 7) is 0. The van der Waals surface area contributed by atoms with E-state index in [1.54, 1.807) is 26.6 Å². The van der Waals surface area contributed by atoms with Gasteiger partial charge in [-0.3, -0.25) is 4.98 Å². The first-order valence-electron chi connectivity index (χ1n) is 10.1. The molecule has 0 bridgehead atoms. The average molecular weight is 380 g/mol. The number of aromatic nitrogens is 1. The predicted molar refractivity (Wildman–Crippen MR) is 114 cm³/mol. The van der Waals surface area contributed by atoms with Gasteiger partial charge in [0.05, 0.1) is 5.69 Å². The number of pyridine rings is 1. The van der Waals surface area contributed by atoms with Gasteiger partial charge in [0.1, 0.15) is 0 Å². The van der Waals surface area contributed by atoms with Gasteiger partial charge in [-0.05, 0) is 78.9 Å². The van der Waals surface area contributed by atoms with E-state index in [-0.39, 0.29) is 7.53 Å². The van der Waals surface area contributed by atoms with Gasteiger partial charge in [0.25, 0.3) is 0 Å². The highest BCUT2D eigenvalue weighted by molar-refractivity contribution is 7.57. The lowest BCUT2D eigenvalue weighted by Crippen LogP contribution is -2.01. The first-order valence-corrected chi connectivity index (χ1v) is 12.4. The molecule has 0 N–H and O–H groups in total. The van der Waals surface area contributed by atoms with Crippen molar-refractivity contribution < 1.29 is 0 Å². The van der Waals surface area contributed by atoms with Crippen LogP contribution in [0.4, 0.5) is 0 Å². The van der Waals surface area contributed by atoms with E-state index in [9.17, 15) is 0 Å². The predicted octanol–water partition coefficient (Wildman–Crippen LogP) is 7.85. The molecule has 0 saturated heterocycles. The topological polar surface area (TPSA) is 12.9 Å². The number of thiophene rings is 1. The molecule has 0 spiro atoms. The Morgan fingerprint density at radius 3 is 2.35 bits per heavy atom. The first kappa shape index (κ1) is 16.8. The van der Waals surface area contributed by atoms with Crippen molar-refractivity contribution in [1.82, 2.24) is 4.98 Å². The van der Waals surface area contributed by atoms with Crippen LogP contribution in [0.5, 0.6) is 0 Å². The Labute approximate surface area is 161 Å². The van der Waals surface area contributed by atoms with Gasteiger partial charge >= 0.3 is 0 Å². The van der Waals surface area contributed by atoms with Crippen LogP contribution < -0.4 is 0 Å². The van der Waals surface area contributed by atoms with Crippen LogP contribution in [-0.2, 0) is 12.8 Å². The molecule has 2 aliphatic rings. The molecule has 3 heteroatoms. The van der Waals surface area contributed by atoms with Crippen molar-refractivity contribution in [2.75, 3.05) is 0 Å². The zero-order valence-electron chi connectivity index (χ0n) is 15.3. The first-order chi connectivity index (χ1) is 12.9. The van der Waals surface area contributed by atoms with Crippen molar-refractivity contribution in [2.45, 2.75) is 63.4 Å². The molecular weight excluding hydrogens is 353 g/mol. The Hall–Kier alpha value is -1.37. The summed E-state index contributed by atoms with van der Waals surface area (Å²) in [6, 6.07) is 11.1. The van der Waals surface area contributed by atoms with Crippen molar-refractivity contribution >= 4 is 18.9 Å². The van der Waals surface area contributed by atoms with Crippen molar-refractivity contribution in [2.24, 2.45) is 0 Å². The van der Waals surface area contributed by atoms with Crippen LogP contribution in [0.15, 0.2) is 41.9 Å². The molecule has 1 saturated carbocycles. The average Bonchev–Trinajstić information content (AvgIpc) is 3.35. The second kappa shape index (κ2) is 7.33. The van der Waals surface area contributed by atoms with Crippen LogP contribution in [0.2, 0.25) is 0 Å². The molecule has 3 aromatic rings. The summed E-state index contributed by atoms with van der Waals surface area (Å²) in [4.78, 5) is 6.39. The highest BCUT2D eigenvalue weighted by atomic mass is 32.1. The minimum Gasteiger partial charge on any atom is -0.256 e. The van der Waals surface area contributed by atoms with Crippen molar-refractivity contribution in [3.63, 3.8) is 0 Å². The lowest BCUT2D eigenvalue weighted by Gasteiger charge is -2.25. The largest absolute Gasteiger partial charge is 0.256 e. The van der Waals surface area contributed by atoms with E-state index in [0.29, 0.717) is 0 Å².